The molecular formula is C43H47F3N4O7S. The van der Waals surface area contributed by atoms with Crippen molar-refractivity contribution >= 4 is 40.9 Å². The van der Waals surface area contributed by atoms with Gasteiger partial charge in [0.15, 0.2) is 6.61 Å². The van der Waals surface area contributed by atoms with Gasteiger partial charge in [-0.05, 0) is 56.0 Å². The normalized spacial score (nSPS) is 13.8. The van der Waals surface area contributed by atoms with E-state index in [9.17, 15) is 42.3 Å². The molecule has 0 saturated carbocycles. The number of benzene rings is 3. The van der Waals surface area contributed by atoms with Crippen molar-refractivity contribution in [1.29, 1.82) is 0 Å². The second-order valence-electron chi connectivity index (χ2n) is 11.2. The predicted octanol–water partition coefficient (Wildman–Crippen LogP) is 5.35. The number of carboxylic acid groups (broad SMARTS) is 1. The van der Waals surface area contributed by atoms with Crippen molar-refractivity contribution in [3.05, 3.63) is 124 Å². The Morgan fingerprint density at radius 3 is 1.60 bits per heavy atom. The third kappa shape index (κ3) is 25.9. The lowest BCUT2D eigenvalue weighted by Crippen LogP contribution is -2.48. The minimum atomic E-state index is -4.22. The minimum Gasteiger partial charge on any atom is -0.484 e. The second-order valence-corrected chi connectivity index (χ2v) is 12.3. The molecule has 2 aliphatic heterocycles. The molecule has 15 heteroatoms. The number of nitrogens with one attached hydrogen (secondary N) is 4. The van der Waals surface area contributed by atoms with Gasteiger partial charge in [-0.15, -0.1) is 49.9 Å². The van der Waals surface area contributed by atoms with Crippen molar-refractivity contribution in [1.82, 2.24) is 21.3 Å². The van der Waals surface area contributed by atoms with Crippen LogP contribution in [0.2, 0.25) is 0 Å². The summed E-state index contributed by atoms with van der Waals surface area (Å²) in [4.78, 5) is 59.6. The molecule has 5 N–H and O–H groups in total. The van der Waals surface area contributed by atoms with Crippen molar-refractivity contribution in [2.24, 2.45) is 0 Å². The van der Waals surface area contributed by atoms with Gasteiger partial charge >= 0.3 is 12.1 Å². The molecule has 6 rings (SSSR count). The maximum Gasteiger partial charge on any atom is 0.416 e. The first-order valence-electron chi connectivity index (χ1n) is 16.8. The molecule has 0 unspecified atom stereocenters. The van der Waals surface area contributed by atoms with E-state index in [-0.39, 0.29) is 19.6 Å². The number of halogens is 3. The zero-order valence-electron chi connectivity index (χ0n) is 32.3. The quantitative estimate of drug-likeness (QED) is 0.128. The number of rotatable bonds is 1. The molecule has 2 aliphatic rings. The number of hydrogen-bond donors (Lipinski definition) is 5. The molecule has 58 heavy (non-hydrogen) atoms. The van der Waals surface area contributed by atoms with Gasteiger partial charge in [-0.25, -0.2) is 4.79 Å². The van der Waals surface area contributed by atoms with E-state index in [1.165, 1.54) is 16.5 Å². The summed E-state index contributed by atoms with van der Waals surface area (Å²) in [7, 11) is 0. The molecule has 3 heterocycles. The van der Waals surface area contributed by atoms with Crippen LogP contribution < -0.4 is 26.0 Å². The van der Waals surface area contributed by atoms with E-state index in [1.54, 1.807) is 48.6 Å². The van der Waals surface area contributed by atoms with Crippen LogP contribution in [0.25, 0.3) is 0 Å². The Morgan fingerprint density at radius 2 is 1.21 bits per heavy atom. The van der Waals surface area contributed by atoms with Crippen molar-refractivity contribution in [3.63, 3.8) is 0 Å². The van der Waals surface area contributed by atoms with Gasteiger partial charge in [0.25, 0.3) is 5.91 Å². The number of carboxylic acids is 1. The third-order valence-electron chi connectivity index (χ3n) is 6.65. The van der Waals surface area contributed by atoms with Crippen LogP contribution in [0, 0.1) is 59.3 Å². The first kappa shape index (κ1) is 53.1. The van der Waals surface area contributed by atoms with Gasteiger partial charge < -0.3 is 31.1 Å². The Labute approximate surface area is 341 Å². The zero-order chi connectivity index (χ0) is 44.5. The summed E-state index contributed by atoms with van der Waals surface area (Å²) in [5.41, 5.74) is 1.99. The third-order valence-corrected chi connectivity index (χ3v) is 7.46. The van der Waals surface area contributed by atoms with Gasteiger partial charge in [0.2, 0.25) is 17.7 Å². The van der Waals surface area contributed by atoms with E-state index in [1.807, 2.05) is 18.2 Å². The van der Waals surface area contributed by atoms with E-state index >= 15 is 0 Å². The fraction of sp³-hybridized carbons (Fsp3) is 0.233. The zero-order valence-corrected chi connectivity index (χ0v) is 33.1. The van der Waals surface area contributed by atoms with Crippen LogP contribution in [0.15, 0.2) is 96.4 Å². The maximum absolute atomic E-state index is 12.0. The number of amides is 4. The average molecular weight is 821 g/mol. The number of carbonyl (C=O) groups excluding carboxylic acids is 4. The summed E-state index contributed by atoms with van der Waals surface area (Å²) in [6.45, 7) is 4.32. The summed E-state index contributed by atoms with van der Waals surface area (Å²) in [6, 6.07) is 24.8. The van der Waals surface area contributed by atoms with Crippen molar-refractivity contribution in [3.8, 4) is 44.3 Å². The van der Waals surface area contributed by atoms with E-state index in [2.05, 4.69) is 103 Å². The molecule has 0 fully saturated rings. The number of carbonyl (C=O) groups is 5. The van der Waals surface area contributed by atoms with Gasteiger partial charge in [-0.1, -0.05) is 77.9 Å². The van der Waals surface area contributed by atoms with E-state index in [0.29, 0.717) is 16.9 Å². The summed E-state index contributed by atoms with van der Waals surface area (Å²) in [5.74, 6) is -3.29. The van der Waals surface area contributed by atoms with Crippen LogP contribution >= 0.6 is 11.3 Å². The number of aryl methyl sites for hydroxylation is 3. The fourth-order valence-electron chi connectivity index (χ4n) is 3.98. The molecule has 4 aromatic rings. The molecular weight excluding hydrogens is 774 g/mol. The molecule has 1 atom stereocenters. The maximum atomic E-state index is 12.0. The van der Waals surface area contributed by atoms with Crippen LogP contribution in [0.3, 0.4) is 0 Å². The molecule has 0 spiro atoms. The Morgan fingerprint density at radius 1 is 0.690 bits per heavy atom. The fourth-order valence-corrected chi connectivity index (χ4v) is 4.51. The van der Waals surface area contributed by atoms with Gasteiger partial charge in [-0.2, -0.15) is 13.2 Å². The SMILES string of the molecule is C#C.C#C.C#C.Cc1cccc(C(F)(F)F)c1.Cc1ccccc1.Cc1cccs1.O=C1CNC(=O)COc2ccc(cc2)C[C@@H](C(=O)O)NC(=O)CNC(=O)CN1. The molecule has 0 saturated heterocycles. The van der Waals surface area contributed by atoms with E-state index in [0.717, 1.165) is 12.1 Å². The van der Waals surface area contributed by atoms with E-state index < -0.39 is 60.5 Å². The lowest BCUT2D eigenvalue weighted by molar-refractivity contribution is -0.141. The summed E-state index contributed by atoms with van der Waals surface area (Å²) >= 11 is 1.78. The average Bonchev–Trinajstić information content (AvgIpc) is 3.71. The molecule has 3 aromatic carbocycles. The van der Waals surface area contributed by atoms with Crippen molar-refractivity contribution < 1.29 is 47.0 Å². The molecule has 0 radical (unpaired) electrons. The molecule has 0 aliphatic carbocycles. The van der Waals surface area contributed by atoms with Gasteiger partial charge in [0, 0.05) is 11.3 Å². The number of hydrogen-bond acceptors (Lipinski definition) is 7. The van der Waals surface area contributed by atoms with Crippen LogP contribution in [0.4, 0.5) is 13.2 Å². The highest BCUT2D eigenvalue weighted by Gasteiger charge is 2.30. The van der Waals surface area contributed by atoms with Crippen LogP contribution in [-0.4, -0.2) is 67.0 Å². The lowest BCUT2D eigenvalue weighted by Gasteiger charge is -2.15. The second kappa shape index (κ2) is 31.2. The highest BCUT2D eigenvalue weighted by Crippen LogP contribution is 2.29. The molecule has 1 aromatic heterocycles. The Balaban J connectivity index is 0. The summed E-state index contributed by atoms with van der Waals surface area (Å²) in [5, 5.41) is 20.6. The first-order chi connectivity index (χ1) is 27.6. The molecule has 4 amide bonds. The summed E-state index contributed by atoms with van der Waals surface area (Å²) in [6.07, 6.45) is 19.8. The smallest absolute Gasteiger partial charge is 0.416 e. The summed E-state index contributed by atoms with van der Waals surface area (Å²) < 4.78 is 41.2. The largest absolute Gasteiger partial charge is 0.484 e. The van der Waals surface area contributed by atoms with E-state index in [4.69, 9.17) is 4.74 Å². The number of aliphatic carboxylic acids is 1. The monoisotopic (exact) mass is 820 g/mol. The highest BCUT2D eigenvalue weighted by molar-refractivity contribution is 7.09. The highest BCUT2D eigenvalue weighted by atomic mass is 32.1. The van der Waals surface area contributed by atoms with Crippen molar-refractivity contribution in [2.75, 3.05) is 26.2 Å². The lowest BCUT2D eigenvalue weighted by atomic mass is 10.1. The number of alkyl halides is 3. The standard InChI is InChI=1S/C17H20N4O7.C8H7F3.C7H8.C5H6S.3C2H2/c22-13-6-18-14(23)7-20-16(25)9-28-11-3-1-10(2-4-11)5-12(17(26)27)21-15(24)8-19-13;1-6-3-2-4-7(5-6)8(9,10)11;1-7-5-3-2-4-6-7;1-5-3-2-4-6-5;3*1-2/h1-4,12H,5-9H2,(H,18,23)(H,19,22)(H,20,25)(H,21,24)(H,26,27);2-5H,1H3;2-6H,1H3;2-4H,1H3;3*1-2H/t12-;;;;;;/m0....../s1. The Kier molecular flexibility index (Phi) is 28.6. The van der Waals surface area contributed by atoms with Crippen LogP contribution in [0.1, 0.15) is 27.1 Å². The minimum absolute atomic E-state index is 0.0197. The first-order valence-corrected chi connectivity index (χ1v) is 17.7. The van der Waals surface area contributed by atoms with Crippen LogP contribution in [-0.2, 0) is 36.6 Å². The van der Waals surface area contributed by atoms with Gasteiger partial charge in [0.05, 0.1) is 25.2 Å². The topological polar surface area (TPSA) is 163 Å². The number of fused-ring (bicyclic) bond motifs is 16. The van der Waals surface area contributed by atoms with Gasteiger partial charge in [-0.3, -0.25) is 19.2 Å². The number of ether oxygens (including phenoxy) is 1. The number of thiophene rings is 1. The Bertz CT molecular complexity index is 1850. The molecule has 2 bridgehead atoms. The van der Waals surface area contributed by atoms with Crippen molar-refractivity contribution in [2.45, 2.75) is 39.4 Å². The molecule has 11 nitrogen and oxygen atoms in total. The Hall–Kier alpha value is -7.02. The van der Waals surface area contributed by atoms with Crippen LogP contribution in [0.5, 0.6) is 5.75 Å². The number of terminal acetylenes is 3. The van der Waals surface area contributed by atoms with Gasteiger partial charge in [0.1, 0.15) is 11.8 Å². The molecule has 308 valence electrons. The predicted molar refractivity (Wildman–Crippen MR) is 220 cm³/mol.